The number of anilines is 1. The van der Waals surface area contributed by atoms with E-state index in [4.69, 9.17) is 4.98 Å². The third kappa shape index (κ3) is 3.15. The zero-order chi connectivity index (χ0) is 16.4. The summed E-state index contributed by atoms with van der Waals surface area (Å²) in [5, 5.41) is 7.32. The van der Waals surface area contributed by atoms with Crippen molar-refractivity contribution in [3.8, 4) is 0 Å². The highest BCUT2D eigenvalue weighted by Crippen LogP contribution is 2.21. The topological polar surface area (TPSA) is 41.9 Å². The minimum absolute atomic E-state index is 0.468. The maximum absolute atomic E-state index is 4.75. The number of piperidine rings is 1. The standard InChI is InChI=1S/C20H24N4/c1-24-19-10-6-5-9-18(19)23-20(24)22-16-11-12-21-17(14-16)13-15-7-3-2-4-8-15/h2-10,16-17,21H,11-14H2,1H3,(H,22,23)/t16-,17+/m1/s1. The van der Waals surface area contributed by atoms with Crippen molar-refractivity contribution in [2.75, 3.05) is 11.9 Å². The Hall–Kier alpha value is -2.33. The molecule has 4 rings (SSSR count). The average Bonchev–Trinajstić information content (AvgIpc) is 2.92. The molecule has 1 saturated heterocycles. The Morgan fingerprint density at radius 3 is 2.75 bits per heavy atom. The lowest BCUT2D eigenvalue weighted by Crippen LogP contribution is -2.44. The van der Waals surface area contributed by atoms with Gasteiger partial charge in [-0.25, -0.2) is 4.98 Å². The molecular formula is C20H24N4. The van der Waals surface area contributed by atoms with E-state index in [9.17, 15) is 0 Å². The molecule has 1 fully saturated rings. The molecule has 0 amide bonds. The van der Waals surface area contributed by atoms with Gasteiger partial charge in [-0.2, -0.15) is 0 Å². The molecule has 2 aromatic carbocycles. The van der Waals surface area contributed by atoms with Gasteiger partial charge in [0.2, 0.25) is 5.95 Å². The number of aromatic nitrogens is 2. The minimum Gasteiger partial charge on any atom is -0.353 e. The van der Waals surface area contributed by atoms with Crippen molar-refractivity contribution in [2.24, 2.45) is 7.05 Å². The van der Waals surface area contributed by atoms with Gasteiger partial charge in [0.25, 0.3) is 0 Å². The van der Waals surface area contributed by atoms with Gasteiger partial charge < -0.3 is 15.2 Å². The predicted molar refractivity (Wildman–Crippen MR) is 99.3 cm³/mol. The summed E-state index contributed by atoms with van der Waals surface area (Å²) in [5.41, 5.74) is 3.63. The predicted octanol–water partition coefficient (Wildman–Crippen LogP) is 3.35. The zero-order valence-electron chi connectivity index (χ0n) is 14.1. The molecule has 24 heavy (non-hydrogen) atoms. The van der Waals surface area contributed by atoms with Crippen molar-refractivity contribution in [3.05, 3.63) is 60.2 Å². The monoisotopic (exact) mass is 320 g/mol. The first kappa shape index (κ1) is 15.2. The Morgan fingerprint density at radius 2 is 1.92 bits per heavy atom. The van der Waals surface area contributed by atoms with Gasteiger partial charge in [-0.05, 0) is 43.5 Å². The molecule has 3 aromatic rings. The van der Waals surface area contributed by atoms with Crippen molar-refractivity contribution in [2.45, 2.75) is 31.3 Å². The van der Waals surface area contributed by atoms with Gasteiger partial charge in [0.15, 0.2) is 0 Å². The third-order valence-corrected chi connectivity index (χ3v) is 4.94. The van der Waals surface area contributed by atoms with E-state index in [2.05, 4.69) is 70.8 Å². The summed E-state index contributed by atoms with van der Waals surface area (Å²) in [7, 11) is 2.08. The fourth-order valence-electron chi connectivity index (χ4n) is 3.65. The number of fused-ring (bicyclic) bond motifs is 1. The van der Waals surface area contributed by atoms with Crippen molar-refractivity contribution >= 4 is 17.0 Å². The van der Waals surface area contributed by atoms with Gasteiger partial charge in [0.1, 0.15) is 0 Å². The molecule has 4 nitrogen and oxygen atoms in total. The van der Waals surface area contributed by atoms with Crippen molar-refractivity contribution < 1.29 is 0 Å². The van der Waals surface area contributed by atoms with E-state index in [-0.39, 0.29) is 0 Å². The van der Waals surface area contributed by atoms with Gasteiger partial charge in [-0.3, -0.25) is 0 Å². The first-order chi connectivity index (χ1) is 11.8. The smallest absolute Gasteiger partial charge is 0.203 e. The summed E-state index contributed by atoms with van der Waals surface area (Å²) in [6, 6.07) is 20.0. The molecule has 1 aromatic heterocycles. The number of hydrogen-bond donors (Lipinski definition) is 2. The summed E-state index contributed by atoms with van der Waals surface area (Å²) < 4.78 is 2.16. The quantitative estimate of drug-likeness (QED) is 0.775. The van der Waals surface area contributed by atoms with Gasteiger partial charge in [-0.1, -0.05) is 42.5 Å². The molecule has 0 radical (unpaired) electrons. The molecule has 0 bridgehead atoms. The van der Waals surface area contributed by atoms with E-state index < -0.39 is 0 Å². The molecule has 1 aliphatic heterocycles. The number of imidazole rings is 1. The first-order valence-corrected chi connectivity index (χ1v) is 8.75. The number of nitrogens with zero attached hydrogens (tertiary/aromatic N) is 2. The molecule has 0 aliphatic carbocycles. The van der Waals surface area contributed by atoms with Crippen LogP contribution in [-0.4, -0.2) is 28.2 Å². The van der Waals surface area contributed by atoms with Crippen LogP contribution in [0.3, 0.4) is 0 Å². The molecule has 2 atom stereocenters. The second kappa shape index (κ2) is 6.65. The van der Waals surface area contributed by atoms with Gasteiger partial charge >= 0.3 is 0 Å². The van der Waals surface area contributed by atoms with E-state index in [1.54, 1.807) is 0 Å². The maximum Gasteiger partial charge on any atom is 0.203 e. The highest BCUT2D eigenvalue weighted by Gasteiger charge is 2.23. The Balaban J connectivity index is 1.45. The maximum atomic E-state index is 4.75. The zero-order valence-corrected chi connectivity index (χ0v) is 14.1. The van der Waals surface area contributed by atoms with Crippen molar-refractivity contribution in [1.29, 1.82) is 0 Å². The Labute approximate surface area is 142 Å². The Morgan fingerprint density at radius 1 is 1.12 bits per heavy atom. The number of hydrogen-bond acceptors (Lipinski definition) is 3. The van der Waals surface area contributed by atoms with Crippen LogP contribution in [0.5, 0.6) is 0 Å². The number of benzene rings is 2. The summed E-state index contributed by atoms with van der Waals surface area (Å²) in [6.45, 7) is 1.05. The van der Waals surface area contributed by atoms with Crippen LogP contribution in [0.15, 0.2) is 54.6 Å². The normalized spacial score (nSPS) is 21.0. The van der Waals surface area contributed by atoms with Crippen LogP contribution in [-0.2, 0) is 13.5 Å². The molecule has 1 aliphatic rings. The average molecular weight is 320 g/mol. The van der Waals surface area contributed by atoms with Crippen molar-refractivity contribution in [1.82, 2.24) is 14.9 Å². The number of nitrogens with one attached hydrogen (secondary N) is 2. The second-order valence-corrected chi connectivity index (χ2v) is 6.69. The number of rotatable bonds is 4. The second-order valence-electron chi connectivity index (χ2n) is 6.69. The van der Waals surface area contributed by atoms with Crippen LogP contribution in [0.1, 0.15) is 18.4 Å². The Kier molecular flexibility index (Phi) is 4.22. The van der Waals surface area contributed by atoms with Gasteiger partial charge in [0.05, 0.1) is 11.0 Å². The summed E-state index contributed by atoms with van der Waals surface area (Å²) in [4.78, 5) is 4.75. The van der Waals surface area contributed by atoms with Crippen LogP contribution in [0, 0.1) is 0 Å². The molecule has 124 valence electrons. The fraction of sp³-hybridized carbons (Fsp3) is 0.350. The van der Waals surface area contributed by atoms with Crippen molar-refractivity contribution in [3.63, 3.8) is 0 Å². The van der Waals surface area contributed by atoms with E-state index in [1.165, 1.54) is 11.1 Å². The van der Waals surface area contributed by atoms with Gasteiger partial charge in [-0.15, -0.1) is 0 Å². The van der Waals surface area contributed by atoms with Crippen LogP contribution < -0.4 is 10.6 Å². The third-order valence-electron chi connectivity index (χ3n) is 4.94. The largest absolute Gasteiger partial charge is 0.353 e. The van der Waals surface area contributed by atoms with E-state index in [1.807, 2.05) is 6.07 Å². The van der Waals surface area contributed by atoms with Crippen LogP contribution in [0.4, 0.5) is 5.95 Å². The number of para-hydroxylation sites is 2. The molecule has 2 heterocycles. The fourth-order valence-corrected chi connectivity index (χ4v) is 3.65. The Bertz CT molecular complexity index is 809. The lowest BCUT2D eigenvalue weighted by atomic mass is 9.94. The molecular weight excluding hydrogens is 296 g/mol. The van der Waals surface area contributed by atoms with E-state index >= 15 is 0 Å². The van der Waals surface area contributed by atoms with E-state index in [0.29, 0.717) is 12.1 Å². The van der Waals surface area contributed by atoms with Crippen LogP contribution in [0.25, 0.3) is 11.0 Å². The molecule has 0 saturated carbocycles. The van der Waals surface area contributed by atoms with E-state index in [0.717, 1.165) is 37.3 Å². The highest BCUT2D eigenvalue weighted by molar-refractivity contribution is 5.78. The molecule has 4 heteroatoms. The summed E-state index contributed by atoms with van der Waals surface area (Å²) in [6.07, 6.45) is 3.34. The SMILES string of the molecule is Cn1c(N[C@@H]2CCN[C@@H](Cc3ccccc3)C2)nc2ccccc21. The summed E-state index contributed by atoms with van der Waals surface area (Å²) in [5.74, 6) is 0.974. The van der Waals surface area contributed by atoms with Crippen LogP contribution >= 0.6 is 0 Å². The minimum atomic E-state index is 0.468. The lowest BCUT2D eigenvalue weighted by molar-refractivity contribution is 0.372. The summed E-state index contributed by atoms with van der Waals surface area (Å²) >= 11 is 0. The first-order valence-electron chi connectivity index (χ1n) is 8.75. The highest BCUT2D eigenvalue weighted by atomic mass is 15.2. The molecule has 2 N–H and O–H groups in total. The molecule has 0 spiro atoms. The van der Waals surface area contributed by atoms with Gasteiger partial charge in [0, 0.05) is 19.1 Å². The molecule has 0 unspecified atom stereocenters. The lowest BCUT2D eigenvalue weighted by Gasteiger charge is -2.31. The number of aryl methyl sites for hydroxylation is 1. The van der Waals surface area contributed by atoms with Crippen LogP contribution in [0.2, 0.25) is 0 Å².